The van der Waals surface area contributed by atoms with E-state index in [0.29, 0.717) is 11.8 Å². The number of thiazole rings is 2. The van der Waals surface area contributed by atoms with Gasteiger partial charge in [0.1, 0.15) is 10.0 Å². The molecule has 0 bridgehead atoms. The van der Waals surface area contributed by atoms with Crippen LogP contribution < -0.4 is 9.80 Å². The van der Waals surface area contributed by atoms with Gasteiger partial charge in [0.25, 0.3) is 0 Å². The number of hydrogen-bond donors (Lipinski definition) is 0. The van der Waals surface area contributed by atoms with E-state index < -0.39 is 0 Å². The van der Waals surface area contributed by atoms with Crippen molar-refractivity contribution in [2.24, 2.45) is 5.92 Å². The molecule has 6 heteroatoms. The second-order valence-electron chi connectivity index (χ2n) is 19.7. The quantitative estimate of drug-likeness (QED) is 0.137. The molecule has 0 radical (unpaired) electrons. The summed E-state index contributed by atoms with van der Waals surface area (Å²) in [6.07, 6.45) is 13.6. The summed E-state index contributed by atoms with van der Waals surface area (Å²) >= 11 is 3.50. The number of hydrogen-bond acceptors (Lipinski definition) is 6. The maximum absolute atomic E-state index is 5.00. The first-order chi connectivity index (χ1) is 34.9. The molecule has 10 aromatic rings. The number of aromatic nitrogens is 2. The molecule has 3 aliphatic rings. The molecule has 3 aliphatic carbocycles. The van der Waals surface area contributed by atoms with Crippen LogP contribution in [0.5, 0.6) is 0 Å². The molecule has 13 rings (SSSR count). The second-order valence-corrected chi connectivity index (χ2v) is 21.7. The third-order valence-electron chi connectivity index (χ3n) is 15.1. The van der Waals surface area contributed by atoms with Gasteiger partial charge in [-0.1, -0.05) is 123 Å². The molecule has 0 saturated heterocycles. The predicted octanol–water partition coefficient (Wildman–Crippen LogP) is 18.6. The Hall–Kier alpha value is -7.64. The maximum atomic E-state index is 5.00. The molecule has 4 nitrogen and oxygen atoms in total. The van der Waals surface area contributed by atoms with E-state index in [1.165, 1.54) is 65.5 Å². The van der Waals surface area contributed by atoms with Crippen LogP contribution in [0.1, 0.15) is 62.1 Å². The van der Waals surface area contributed by atoms with Crippen LogP contribution in [-0.4, -0.2) is 9.97 Å². The first-order valence-corrected chi connectivity index (χ1v) is 26.5. The van der Waals surface area contributed by atoms with Crippen molar-refractivity contribution >= 4 is 77.1 Å². The third-order valence-corrected chi connectivity index (χ3v) is 17.3. The van der Waals surface area contributed by atoms with Gasteiger partial charge >= 0.3 is 0 Å². The van der Waals surface area contributed by atoms with Crippen LogP contribution in [0.25, 0.3) is 58.3 Å². The van der Waals surface area contributed by atoms with Crippen LogP contribution in [0.15, 0.2) is 224 Å². The van der Waals surface area contributed by atoms with Gasteiger partial charge in [0.15, 0.2) is 0 Å². The van der Waals surface area contributed by atoms with E-state index in [4.69, 9.17) is 9.97 Å². The minimum absolute atomic E-state index is 0.0823. The highest BCUT2D eigenvalue weighted by Crippen LogP contribution is 2.58. The van der Waals surface area contributed by atoms with Crippen LogP contribution in [-0.2, 0) is 5.41 Å². The molecule has 1 unspecified atom stereocenters. The predicted molar refractivity (Wildman–Crippen MR) is 302 cm³/mol. The standard InChI is InChI=1S/C65H52N4S2/c1-65(2)57-41-53(68(49-29-21-45(22-30-49)43-13-5-3-6-14-43)51-33-25-47(26-34-51)63-66-59-17-9-11-19-61(59)70-63)37-39-55(57)56-40-38-54(42-58(56)65)69(50-31-23-46(24-32-50)44-15-7-4-8-16-44)52-35-27-48(28-36-52)64-67-60-18-10-12-20-62(60)71-64/h3,5-7,9-39,41,56,58H,4,8,40,42H2,1-2H3/t56-,58?/m0/s1. The van der Waals surface area contributed by atoms with Gasteiger partial charge in [-0.2, -0.15) is 0 Å². The smallest absolute Gasteiger partial charge is 0.124 e. The van der Waals surface area contributed by atoms with Gasteiger partial charge in [-0.05, 0) is 186 Å². The molecular formula is C65H52N4S2. The highest BCUT2D eigenvalue weighted by Gasteiger charge is 2.48. The fourth-order valence-electron chi connectivity index (χ4n) is 11.4. The van der Waals surface area contributed by atoms with Gasteiger partial charge in [-0.3, -0.25) is 0 Å². The number of para-hydroxylation sites is 2. The summed E-state index contributed by atoms with van der Waals surface area (Å²) < 4.78 is 2.42. The van der Waals surface area contributed by atoms with Crippen LogP contribution in [0, 0.1) is 5.92 Å². The number of fused-ring (bicyclic) bond motifs is 5. The summed E-state index contributed by atoms with van der Waals surface area (Å²) in [5, 5.41) is 2.09. The van der Waals surface area contributed by atoms with E-state index in [9.17, 15) is 0 Å². The Morgan fingerprint density at radius 1 is 0.479 bits per heavy atom. The largest absolute Gasteiger partial charge is 0.315 e. The van der Waals surface area contributed by atoms with Crippen molar-refractivity contribution in [3.8, 4) is 32.3 Å². The normalized spacial score (nSPS) is 16.9. The molecule has 2 aromatic heterocycles. The fraction of sp³-hybridized carbons (Fsp3) is 0.138. The number of anilines is 5. The van der Waals surface area contributed by atoms with Gasteiger partial charge in [-0.25, -0.2) is 9.97 Å². The average molecular weight is 953 g/mol. The van der Waals surface area contributed by atoms with E-state index in [-0.39, 0.29) is 5.41 Å². The van der Waals surface area contributed by atoms with E-state index in [0.717, 1.165) is 69.2 Å². The molecular weight excluding hydrogens is 901 g/mol. The molecule has 0 aliphatic heterocycles. The summed E-state index contributed by atoms with van der Waals surface area (Å²) in [6.45, 7) is 4.98. The second kappa shape index (κ2) is 18.0. The lowest BCUT2D eigenvalue weighted by molar-refractivity contribution is 0.289. The molecule has 2 heterocycles. The highest BCUT2D eigenvalue weighted by molar-refractivity contribution is 7.22. The van der Waals surface area contributed by atoms with Crippen LogP contribution >= 0.6 is 22.7 Å². The van der Waals surface area contributed by atoms with Crippen molar-refractivity contribution in [3.63, 3.8) is 0 Å². The van der Waals surface area contributed by atoms with E-state index in [1.807, 2.05) is 0 Å². The van der Waals surface area contributed by atoms with Gasteiger partial charge in [-0.15, -0.1) is 22.7 Å². The number of allylic oxidation sites excluding steroid dienone is 6. The number of rotatable bonds is 10. The van der Waals surface area contributed by atoms with Crippen molar-refractivity contribution in [3.05, 3.63) is 241 Å². The zero-order valence-corrected chi connectivity index (χ0v) is 41.5. The van der Waals surface area contributed by atoms with E-state index >= 15 is 0 Å². The molecule has 0 spiro atoms. The molecule has 0 N–H and O–H groups in total. The first-order valence-electron chi connectivity index (χ1n) is 24.9. The van der Waals surface area contributed by atoms with Crippen LogP contribution in [0.2, 0.25) is 0 Å². The minimum Gasteiger partial charge on any atom is -0.315 e. The molecule has 2 atom stereocenters. The van der Waals surface area contributed by atoms with Gasteiger partial charge in [0.2, 0.25) is 0 Å². The SMILES string of the molecule is CC1(C)c2cc(N(c3ccc(-c4ccccc4)cc3)c3ccc(-c4nc5ccccc5s4)cc3)ccc2[C@@H]2CC=C(N(c3ccc(C4=CCCC=C4)cc3)c3ccc(-c4nc5ccccc5s4)cc3)CC21. The van der Waals surface area contributed by atoms with Crippen molar-refractivity contribution in [1.82, 2.24) is 9.97 Å². The van der Waals surface area contributed by atoms with Crippen molar-refractivity contribution < 1.29 is 0 Å². The van der Waals surface area contributed by atoms with E-state index in [2.05, 4.69) is 242 Å². The molecule has 0 saturated carbocycles. The molecule has 0 amide bonds. The topological polar surface area (TPSA) is 32.3 Å². The summed E-state index contributed by atoms with van der Waals surface area (Å²) in [4.78, 5) is 14.9. The van der Waals surface area contributed by atoms with Crippen molar-refractivity contribution in [2.45, 2.75) is 50.9 Å². The lowest BCUT2D eigenvalue weighted by atomic mass is 9.70. The summed E-state index contributed by atoms with van der Waals surface area (Å²) in [5.41, 5.74) is 19.3. The summed E-state index contributed by atoms with van der Waals surface area (Å²) in [5.74, 6) is 0.848. The fourth-order valence-corrected chi connectivity index (χ4v) is 13.4. The van der Waals surface area contributed by atoms with Gasteiger partial charge in [0.05, 0.1) is 20.4 Å². The Labute approximate surface area is 424 Å². The van der Waals surface area contributed by atoms with Gasteiger partial charge < -0.3 is 9.80 Å². The lowest BCUT2D eigenvalue weighted by Crippen LogP contribution is -2.31. The monoisotopic (exact) mass is 952 g/mol. The Balaban J connectivity index is 0.841. The first kappa shape index (κ1) is 43.4. The molecule has 8 aromatic carbocycles. The Kier molecular flexibility index (Phi) is 11.0. The average Bonchev–Trinajstić information content (AvgIpc) is 4.13. The van der Waals surface area contributed by atoms with Crippen LogP contribution in [0.3, 0.4) is 0 Å². The Morgan fingerprint density at radius 2 is 0.986 bits per heavy atom. The summed E-state index contributed by atoms with van der Waals surface area (Å²) in [6, 6.07) is 71.2. The Morgan fingerprint density at radius 3 is 1.55 bits per heavy atom. The lowest BCUT2D eigenvalue weighted by Gasteiger charge is -2.39. The van der Waals surface area contributed by atoms with E-state index in [1.54, 1.807) is 22.7 Å². The maximum Gasteiger partial charge on any atom is 0.124 e. The molecule has 344 valence electrons. The van der Waals surface area contributed by atoms with Gasteiger partial charge in [0, 0.05) is 45.3 Å². The minimum atomic E-state index is -0.0823. The highest BCUT2D eigenvalue weighted by atomic mass is 32.1. The van der Waals surface area contributed by atoms with Crippen molar-refractivity contribution in [1.29, 1.82) is 0 Å². The zero-order chi connectivity index (χ0) is 47.5. The molecule has 0 fully saturated rings. The van der Waals surface area contributed by atoms with Crippen molar-refractivity contribution in [2.75, 3.05) is 9.80 Å². The van der Waals surface area contributed by atoms with Crippen LogP contribution in [0.4, 0.5) is 28.4 Å². The Bertz CT molecular complexity index is 3610. The third kappa shape index (κ3) is 8.02. The zero-order valence-electron chi connectivity index (χ0n) is 39.9. The number of benzene rings is 8. The number of nitrogens with zero attached hydrogens (tertiary/aromatic N) is 4. The molecule has 71 heavy (non-hydrogen) atoms. The summed E-state index contributed by atoms with van der Waals surface area (Å²) in [7, 11) is 0.